The van der Waals surface area contributed by atoms with Crippen LogP contribution in [-0.4, -0.2) is 21.2 Å². The van der Waals surface area contributed by atoms with Crippen molar-refractivity contribution in [1.29, 1.82) is 0 Å². The Kier molecular flexibility index (Phi) is 2.47. The van der Waals surface area contributed by atoms with E-state index in [1.807, 2.05) is 18.3 Å². The van der Waals surface area contributed by atoms with E-state index in [0.717, 1.165) is 36.2 Å². The number of nitrogens with zero attached hydrogens (tertiary/aromatic N) is 1. The number of hydrogen-bond acceptors (Lipinski definition) is 4. The summed E-state index contributed by atoms with van der Waals surface area (Å²) in [5, 5.41) is 23.3. The molecule has 0 fully saturated rings. The van der Waals surface area contributed by atoms with E-state index in [-0.39, 0.29) is 17.4 Å². The van der Waals surface area contributed by atoms with Crippen LogP contribution in [0.15, 0.2) is 30.5 Å². The number of aromatic hydroxyl groups is 2. The summed E-state index contributed by atoms with van der Waals surface area (Å²) in [6.07, 6.45) is 3.57. The molecule has 2 atom stereocenters. The zero-order valence-corrected chi connectivity index (χ0v) is 11.0. The maximum atomic E-state index is 10.1. The predicted molar refractivity (Wildman–Crippen MR) is 74.8 cm³/mol. The molecule has 3 N–H and O–H groups in total. The molecule has 1 aliphatic carbocycles. The highest BCUT2D eigenvalue weighted by molar-refractivity contribution is 5.55. The van der Waals surface area contributed by atoms with Gasteiger partial charge < -0.3 is 15.5 Å². The van der Waals surface area contributed by atoms with E-state index in [9.17, 15) is 10.2 Å². The van der Waals surface area contributed by atoms with E-state index < -0.39 is 0 Å². The minimum atomic E-state index is -0.0302. The molecule has 20 heavy (non-hydrogen) atoms. The Labute approximate surface area is 117 Å². The lowest BCUT2D eigenvalue weighted by molar-refractivity contribution is 0.366. The van der Waals surface area contributed by atoms with Crippen LogP contribution in [0.25, 0.3) is 0 Å². The second-order valence-corrected chi connectivity index (χ2v) is 5.54. The fourth-order valence-electron chi connectivity index (χ4n) is 3.59. The maximum Gasteiger partial charge on any atom is 0.160 e. The van der Waals surface area contributed by atoms with Crippen molar-refractivity contribution >= 4 is 0 Å². The van der Waals surface area contributed by atoms with E-state index in [1.54, 1.807) is 6.07 Å². The van der Waals surface area contributed by atoms with Crippen LogP contribution >= 0.6 is 0 Å². The lowest BCUT2D eigenvalue weighted by Crippen LogP contribution is -2.43. The highest BCUT2D eigenvalue weighted by atomic mass is 16.3. The molecule has 1 aliphatic heterocycles. The van der Waals surface area contributed by atoms with Crippen molar-refractivity contribution in [2.24, 2.45) is 0 Å². The van der Waals surface area contributed by atoms with Gasteiger partial charge in [-0.15, -0.1) is 0 Å². The molecule has 4 rings (SSSR count). The molecule has 2 unspecified atom stereocenters. The standard InChI is InChI=1S/C16H16N2O2/c19-14-6-4-9-10(16(14)20)3-5-12-15(9)11-2-1-7-17-13(11)8-18-12/h1-2,4,6-7,12,15,18-20H,3,5,8H2. The molecule has 0 saturated carbocycles. The van der Waals surface area contributed by atoms with Crippen LogP contribution in [0, 0.1) is 0 Å². The van der Waals surface area contributed by atoms with Crippen LogP contribution in [0.2, 0.25) is 0 Å². The zero-order chi connectivity index (χ0) is 13.7. The molecule has 2 aromatic rings. The second-order valence-electron chi connectivity index (χ2n) is 5.54. The summed E-state index contributed by atoms with van der Waals surface area (Å²) in [5.74, 6) is 0.219. The van der Waals surface area contributed by atoms with Crippen molar-refractivity contribution in [2.75, 3.05) is 0 Å². The van der Waals surface area contributed by atoms with Crippen molar-refractivity contribution in [3.05, 3.63) is 52.8 Å². The topological polar surface area (TPSA) is 65.4 Å². The van der Waals surface area contributed by atoms with Crippen molar-refractivity contribution in [3.8, 4) is 11.5 Å². The molecule has 4 nitrogen and oxygen atoms in total. The molecular weight excluding hydrogens is 252 g/mol. The predicted octanol–water partition coefficient (Wildman–Crippen LogP) is 2.04. The first kappa shape index (κ1) is 11.7. The molecule has 0 amide bonds. The van der Waals surface area contributed by atoms with Crippen LogP contribution in [0.5, 0.6) is 11.5 Å². The number of phenolic OH excluding ortho intramolecular Hbond substituents is 2. The number of aromatic nitrogens is 1. The van der Waals surface area contributed by atoms with Gasteiger partial charge in [-0.2, -0.15) is 0 Å². The van der Waals surface area contributed by atoms with E-state index in [0.29, 0.717) is 6.04 Å². The first-order valence-electron chi connectivity index (χ1n) is 6.96. The van der Waals surface area contributed by atoms with Gasteiger partial charge in [0, 0.05) is 30.3 Å². The van der Waals surface area contributed by atoms with Gasteiger partial charge in [-0.25, -0.2) is 0 Å². The number of pyridine rings is 1. The normalized spacial score (nSPS) is 23.6. The SMILES string of the molecule is Oc1ccc2c(c1O)CCC1NCc3ncccc3C21. The molecule has 2 heterocycles. The van der Waals surface area contributed by atoms with Crippen LogP contribution < -0.4 is 5.32 Å². The molecule has 0 spiro atoms. The lowest BCUT2D eigenvalue weighted by atomic mass is 9.73. The van der Waals surface area contributed by atoms with E-state index >= 15 is 0 Å². The molecule has 1 aromatic heterocycles. The molecule has 1 aromatic carbocycles. The fraction of sp³-hybridized carbons (Fsp3) is 0.312. The Bertz CT molecular complexity index is 684. The molecule has 0 radical (unpaired) electrons. The maximum absolute atomic E-state index is 10.1. The van der Waals surface area contributed by atoms with Gasteiger partial charge in [0.25, 0.3) is 0 Å². The minimum absolute atomic E-state index is 0.0302. The summed E-state index contributed by atoms with van der Waals surface area (Å²) >= 11 is 0. The van der Waals surface area contributed by atoms with Gasteiger partial charge >= 0.3 is 0 Å². The van der Waals surface area contributed by atoms with Crippen molar-refractivity contribution in [1.82, 2.24) is 10.3 Å². The van der Waals surface area contributed by atoms with Crippen LogP contribution in [0.4, 0.5) is 0 Å². The molecule has 4 heteroatoms. The smallest absolute Gasteiger partial charge is 0.160 e. The Morgan fingerprint density at radius 2 is 2.05 bits per heavy atom. The third-order valence-corrected chi connectivity index (χ3v) is 4.53. The summed E-state index contributed by atoms with van der Waals surface area (Å²) in [7, 11) is 0. The first-order chi connectivity index (χ1) is 9.75. The number of phenols is 2. The third kappa shape index (κ3) is 1.55. The van der Waals surface area contributed by atoms with Crippen LogP contribution in [-0.2, 0) is 13.0 Å². The third-order valence-electron chi connectivity index (χ3n) is 4.53. The summed E-state index contributed by atoms with van der Waals surface area (Å²) < 4.78 is 0. The molecule has 0 bridgehead atoms. The van der Waals surface area contributed by atoms with E-state index in [2.05, 4.69) is 16.4 Å². The van der Waals surface area contributed by atoms with Crippen molar-refractivity contribution in [3.63, 3.8) is 0 Å². The van der Waals surface area contributed by atoms with Crippen LogP contribution in [0.1, 0.15) is 34.7 Å². The van der Waals surface area contributed by atoms with Gasteiger partial charge in [0.1, 0.15) is 0 Å². The van der Waals surface area contributed by atoms with Gasteiger partial charge in [-0.3, -0.25) is 4.98 Å². The first-order valence-corrected chi connectivity index (χ1v) is 6.96. The fourth-order valence-corrected chi connectivity index (χ4v) is 3.59. The number of benzene rings is 1. The van der Waals surface area contributed by atoms with Crippen molar-refractivity contribution in [2.45, 2.75) is 31.3 Å². The lowest BCUT2D eigenvalue weighted by Gasteiger charge is -2.39. The van der Waals surface area contributed by atoms with Crippen molar-refractivity contribution < 1.29 is 10.2 Å². The Hall–Kier alpha value is -2.07. The average Bonchev–Trinajstić information content (AvgIpc) is 2.50. The Morgan fingerprint density at radius 1 is 1.15 bits per heavy atom. The minimum Gasteiger partial charge on any atom is -0.504 e. The second kappa shape index (κ2) is 4.21. The molecule has 102 valence electrons. The highest BCUT2D eigenvalue weighted by Gasteiger charge is 2.36. The molecular formula is C16H16N2O2. The monoisotopic (exact) mass is 268 g/mol. The number of nitrogens with one attached hydrogen (secondary N) is 1. The van der Waals surface area contributed by atoms with Gasteiger partial charge in [-0.05, 0) is 36.1 Å². The number of rotatable bonds is 0. The average molecular weight is 268 g/mol. The quantitative estimate of drug-likeness (QED) is 0.640. The largest absolute Gasteiger partial charge is 0.504 e. The molecule has 2 aliphatic rings. The van der Waals surface area contributed by atoms with Gasteiger partial charge in [0.15, 0.2) is 11.5 Å². The van der Waals surface area contributed by atoms with Gasteiger partial charge in [0.2, 0.25) is 0 Å². The van der Waals surface area contributed by atoms with Crippen LogP contribution in [0.3, 0.4) is 0 Å². The van der Waals surface area contributed by atoms with Gasteiger partial charge in [0.05, 0.1) is 5.69 Å². The van der Waals surface area contributed by atoms with Gasteiger partial charge in [-0.1, -0.05) is 12.1 Å². The number of hydrogen-bond donors (Lipinski definition) is 3. The summed E-state index contributed by atoms with van der Waals surface area (Å²) in [5.41, 5.74) is 4.30. The van der Waals surface area contributed by atoms with E-state index in [4.69, 9.17) is 0 Å². The summed E-state index contributed by atoms with van der Waals surface area (Å²) in [4.78, 5) is 4.45. The van der Waals surface area contributed by atoms with E-state index in [1.165, 1.54) is 5.56 Å². The Balaban J connectivity index is 1.93. The highest BCUT2D eigenvalue weighted by Crippen LogP contribution is 2.45. The summed E-state index contributed by atoms with van der Waals surface area (Å²) in [6, 6.07) is 7.99. The summed E-state index contributed by atoms with van der Waals surface area (Å²) in [6.45, 7) is 0.802. The Morgan fingerprint density at radius 3 is 2.95 bits per heavy atom. The molecule has 0 saturated heterocycles. The zero-order valence-electron chi connectivity index (χ0n) is 11.0. The number of fused-ring (bicyclic) bond motifs is 5.